The van der Waals surface area contributed by atoms with Crippen molar-refractivity contribution in [2.45, 2.75) is 204 Å². The highest BCUT2D eigenvalue weighted by Gasteiger charge is 2.46. The fraction of sp³-hybridized carbons (Fsp3) is 0.930. The van der Waals surface area contributed by atoms with E-state index in [2.05, 4.69) is 13.8 Å². The third-order valence-electron chi connectivity index (χ3n) is 15.3. The summed E-state index contributed by atoms with van der Waals surface area (Å²) in [6.07, 6.45) is 17.6. The van der Waals surface area contributed by atoms with Gasteiger partial charge in [-0.15, -0.1) is 0 Å². The number of carboxylic acids is 2. The van der Waals surface area contributed by atoms with Crippen LogP contribution in [-0.4, -0.2) is 93.5 Å². The summed E-state index contributed by atoms with van der Waals surface area (Å²) in [6.45, 7) is 5.20. The van der Waals surface area contributed by atoms with Gasteiger partial charge in [0.1, 0.15) is 6.10 Å². The van der Waals surface area contributed by atoms with Gasteiger partial charge < -0.3 is 29.5 Å². The first kappa shape index (κ1) is 44.2. The van der Waals surface area contributed by atoms with Gasteiger partial charge in [-0.05, 0) is 152 Å². The molecule has 0 amide bonds. The second kappa shape index (κ2) is 20.2. The first-order valence-corrected chi connectivity index (χ1v) is 22.3. The summed E-state index contributed by atoms with van der Waals surface area (Å²) in [7, 11) is 0. The van der Waals surface area contributed by atoms with Crippen molar-refractivity contribution in [1.29, 1.82) is 0 Å². The Morgan fingerprint density at radius 2 is 1.07 bits per heavy atom. The Kier molecular flexibility index (Phi) is 15.7. The highest BCUT2D eigenvalue weighted by Crippen LogP contribution is 2.49. The molecule has 0 bridgehead atoms. The minimum Gasteiger partial charge on any atom is -0.481 e. The highest BCUT2D eigenvalue weighted by atomic mass is 17.2. The second-order valence-corrected chi connectivity index (χ2v) is 19.1. The summed E-state index contributed by atoms with van der Waals surface area (Å²) >= 11 is 0. The van der Waals surface area contributed by atoms with E-state index in [1.54, 1.807) is 0 Å². The number of carbonyl (C=O) groups is 3. The molecule has 6 atom stereocenters. The first-order valence-electron chi connectivity index (χ1n) is 22.3. The molecule has 0 aromatic carbocycles. The van der Waals surface area contributed by atoms with Crippen molar-refractivity contribution in [2.24, 2.45) is 40.9 Å². The fourth-order valence-electron chi connectivity index (χ4n) is 11.4. The Bertz CT molecular complexity index is 1330. The zero-order valence-electron chi connectivity index (χ0n) is 34.2. The third kappa shape index (κ3) is 11.9. The first-order chi connectivity index (χ1) is 27.3. The summed E-state index contributed by atoms with van der Waals surface area (Å²) in [4.78, 5) is 58.4. The summed E-state index contributed by atoms with van der Waals surface area (Å²) in [5, 5.41) is 40.2. The molecule has 0 radical (unpaired) electrons. The van der Waals surface area contributed by atoms with Gasteiger partial charge in [-0.1, -0.05) is 13.8 Å². The lowest BCUT2D eigenvalue weighted by Gasteiger charge is -2.47. The van der Waals surface area contributed by atoms with E-state index in [9.17, 15) is 39.8 Å². The van der Waals surface area contributed by atoms with Gasteiger partial charge in [0.2, 0.25) is 6.04 Å². The van der Waals surface area contributed by atoms with Crippen LogP contribution in [0.3, 0.4) is 0 Å². The second-order valence-electron chi connectivity index (χ2n) is 19.1. The molecule has 57 heavy (non-hydrogen) atoms. The van der Waals surface area contributed by atoms with E-state index in [1.807, 2.05) is 0 Å². The maximum absolute atomic E-state index is 13.0. The van der Waals surface area contributed by atoms with Crippen LogP contribution in [0.1, 0.15) is 155 Å². The Hall–Kier alpha value is -2.39. The average Bonchev–Trinajstić information content (AvgIpc) is 3.20. The SMILES string of the molecule is CC(C)(C1CCC(OC2CCC(OOCC3CCC(O)CC3C(=O)O)CC2)CC1)C1CCC(OC2CCC(OC(=O)C3CCC([N+](=O)[O-])CC3C(=O)O)CC2)CC1. The minimum absolute atomic E-state index is 0.00545. The van der Waals surface area contributed by atoms with Gasteiger partial charge in [0.25, 0.3) is 0 Å². The lowest BCUT2D eigenvalue weighted by atomic mass is 9.60. The van der Waals surface area contributed by atoms with Crippen LogP contribution in [-0.2, 0) is 38.4 Å². The van der Waals surface area contributed by atoms with E-state index < -0.39 is 52.7 Å². The van der Waals surface area contributed by atoms with Crippen molar-refractivity contribution in [1.82, 2.24) is 0 Å². The van der Waals surface area contributed by atoms with Gasteiger partial charge in [0.05, 0.1) is 61.0 Å². The molecule has 14 heteroatoms. The smallest absolute Gasteiger partial charge is 0.310 e. The molecule has 6 aliphatic carbocycles. The number of hydrogen-bond acceptors (Lipinski definition) is 11. The Morgan fingerprint density at radius 3 is 1.56 bits per heavy atom. The topological polar surface area (TPSA) is 201 Å². The van der Waals surface area contributed by atoms with Crippen molar-refractivity contribution in [3.8, 4) is 0 Å². The van der Waals surface area contributed by atoms with Crippen molar-refractivity contribution in [3.63, 3.8) is 0 Å². The number of carboxylic acid groups (broad SMARTS) is 2. The van der Waals surface area contributed by atoms with E-state index in [4.69, 9.17) is 24.0 Å². The van der Waals surface area contributed by atoms with Crippen LogP contribution >= 0.6 is 0 Å². The van der Waals surface area contributed by atoms with E-state index in [0.29, 0.717) is 43.6 Å². The molecule has 0 spiro atoms. The quantitative estimate of drug-likeness (QED) is 0.0645. The molecule has 0 aromatic heterocycles. The Labute approximate surface area is 337 Å². The van der Waals surface area contributed by atoms with Gasteiger partial charge in [-0.25, -0.2) is 9.78 Å². The average molecular weight is 808 g/mol. The summed E-state index contributed by atoms with van der Waals surface area (Å²) in [5.41, 5.74) is 0.261. The predicted molar refractivity (Wildman–Crippen MR) is 206 cm³/mol. The van der Waals surface area contributed by atoms with Gasteiger partial charge in [-0.3, -0.25) is 24.5 Å². The van der Waals surface area contributed by atoms with Crippen LogP contribution in [0.25, 0.3) is 0 Å². The van der Waals surface area contributed by atoms with Crippen LogP contribution in [0.15, 0.2) is 0 Å². The number of rotatable bonds is 15. The largest absolute Gasteiger partial charge is 0.481 e. The number of esters is 1. The molecule has 0 heterocycles. The molecule has 0 aliphatic heterocycles. The molecular weight excluding hydrogens is 738 g/mol. The predicted octanol–water partition coefficient (Wildman–Crippen LogP) is 7.29. The number of aliphatic hydroxyl groups excluding tert-OH is 1. The van der Waals surface area contributed by atoms with Gasteiger partial charge >= 0.3 is 17.9 Å². The van der Waals surface area contributed by atoms with Gasteiger partial charge in [0, 0.05) is 17.8 Å². The number of aliphatic hydroxyl groups is 1. The van der Waals surface area contributed by atoms with Crippen LogP contribution in [0, 0.1) is 51.0 Å². The van der Waals surface area contributed by atoms with Crippen molar-refractivity contribution < 1.29 is 58.6 Å². The van der Waals surface area contributed by atoms with E-state index in [0.717, 1.165) is 64.2 Å². The Morgan fingerprint density at radius 1 is 0.596 bits per heavy atom. The van der Waals surface area contributed by atoms with Gasteiger partial charge in [-0.2, -0.15) is 0 Å². The molecule has 3 N–H and O–H groups in total. The lowest BCUT2D eigenvalue weighted by molar-refractivity contribution is -0.528. The number of nitro groups is 1. The van der Waals surface area contributed by atoms with E-state index >= 15 is 0 Å². The van der Waals surface area contributed by atoms with Crippen molar-refractivity contribution in [3.05, 3.63) is 10.1 Å². The molecule has 0 aromatic rings. The van der Waals surface area contributed by atoms with E-state index in [1.165, 1.54) is 25.7 Å². The van der Waals surface area contributed by atoms with Crippen LogP contribution < -0.4 is 0 Å². The zero-order valence-corrected chi connectivity index (χ0v) is 34.2. The minimum atomic E-state index is -1.17. The summed E-state index contributed by atoms with van der Waals surface area (Å²) < 4.78 is 19.0. The maximum Gasteiger partial charge on any atom is 0.310 e. The molecule has 0 saturated heterocycles. The van der Waals surface area contributed by atoms with Gasteiger partial charge in [0.15, 0.2) is 0 Å². The van der Waals surface area contributed by atoms with Crippen LogP contribution in [0.4, 0.5) is 0 Å². The van der Waals surface area contributed by atoms with Crippen molar-refractivity contribution in [2.75, 3.05) is 6.61 Å². The number of carbonyl (C=O) groups excluding carboxylic acids is 1. The molecule has 6 unspecified atom stereocenters. The zero-order chi connectivity index (χ0) is 40.7. The molecule has 324 valence electrons. The number of ether oxygens (including phenoxy) is 3. The molecular formula is C43H69NO13. The molecule has 6 aliphatic rings. The normalized spacial score (nSPS) is 39.5. The lowest BCUT2D eigenvalue weighted by Crippen LogP contribution is -2.42. The van der Waals surface area contributed by atoms with E-state index in [-0.39, 0.29) is 74.1 Å². The maximum atomic E-state index is 13.0. The number of hydrogen-bond donors (Lipinski definition) is 3. The highest BCUT2D eigenvalue weighted by molar-refractivity contribution is 5.81. The number of nitrogens with zero attached hydrogens (tertiary/aromatic N) is 1. The molecule has 6 fully saturated rings. The molecule has 6 rings (SSSR count). The summed E-state index contributed by atoms with van der Waals surface area (Å²) in [5.74, 6) is -3.85. The number of aliphatic carboxylic acids is 2. The standard InChI is InChI=1S/C43H69NO13/c1-43(2,28-6-12-32(13-7-28)55-34-18-20-36(21-19-34)57-53-25-26-3-9-30(45)24-38(26)40(46)47)27-4-10-31(11-5-27)54-33-14-16-35(17-15-33)56-42(50)37-22-8-29(44(51)52)23-39(37)41(48)49/h26-39,45H,3-25H2,1-2H3,(H,46,47)(H,48,49). The monoisotopic (exact) mass is 807 g/mol. The third-order valence-corrected chi connectivity index (χ3v) is 15.3. The van der Waals surface area contributed by atoms with Crippen LogP contribution in [0.2, 0.25) is 0 Å². The fourth-order valence-corrected chi connectivity index (χ4v) is 11.4. The van der Waals surface area contributed by atoms with Crippen molar-refractivity contribution >= 4 is 17.9 Å². The molecule has 6 saturated carbocycles. The summed E-state index contributed by atoms with van der Waals surface area (Å²) in [6, 6.07) is -0.924. The molecule has 14 nitrogen and oxygen atoms in total. The Balaban J connectivity index is 0.827. The van der Waals surface area contributed by atoms with Crippen LogP contribution in [0.5, 0.6) is 0 Å².